The van der Waals surface area contributed by atoms with Crippen LogP contribution < -0.4 is 16.2 Å². The van der Waals surface area contributed by atoms with E-state index in [2.05, 4.69) is 10.6 Å². The van der Waals surface area contributed by atoms with Crippen LogP contribution in [0, 0.1) is 6.92 Å². The van der Waals surface area contributed by atoms with Crippen LogP contribution in [-0.2, 0) is 16.6 Å². The molecule has 140 valence electrons. The first kappa shape index (κ1) is 18.4. The maximum atomic E-state index is 12.8. The highest BCUT2D eigenvalue weighted by Crippen LogP contribution is 2.14. The molecule has 1 aromatic heterocycles. The standard InChI is InChI=1S/C19H26N4O3/c1-13(20-12-16-10-7-11-26-16)18(24)21-17-14(2)22(3)23(19(17)25)15-8-5-4-6-9-15/h4-6,8-9,13,16,20H,7,10-12H2,1-3H3,(H,21,24)/t13-,16-/m1/s1. The molecule has 0 radical (unpaired) electrons. The Hall–Kier alpha value is -2.38. The predicted molar refractivity (Wildman–Crippen MR) is 101 cm³/mol. The monoisotopic (exact) mass is 358 g/mol. The molecule has 1 aliphatic heterocycles. The summed E-state index contributed by atoms with van der Waals surface area (Å²) in [5, 5.41) is 5.97. The van der Waals surface area contributed by atoms with Gasteiger partial charge in [0.15, 0.2) is 0 Å². The zero-order valence-electron chi connectivity index (χ0n) is 15.5. The quantitative estimate of drug-likeness (QED) is 0.822. The summed E-state index contributed by atoms with van der Waals surface area (Å²) in [7, 11) is 1.80. The van der Waals surface area contributed by atoms with E-state index in [1.807, 2.05) is 37.3 Å². The van der Waals surface area contributed by atoms with Crippen LogP contribution in [0.1, 0.15) is 25.5 Å². The molecule has 2 N–H and O–H groups in total. The zero-order valence-corrected chi connectivity index (χ0v) is 15.5. The maximum Gasteiger partial charge on any atom is 0.295 e. The number of nitrogens with zero attached hydrogens (tertiary/aromatic N) is 2. The van der Waals surface area contributed by atoms with Gasteiger partial charge in [0.05, 0.1) is 23.5 Å². The SMILES string of the molecule is Cc1c(NC(=O)[C@@H](C)NC[C@H]2CCCO2)c(=O)n(-c2ccccc2)n1C. The molecule has 0 saturated carbocycles. The Morgan fingerprint density at radius 3 is 2.73 bits per heavy atom. The molecule has 2 aromatic rings. The molecule has 1 aromatic carbocycles. The number of para-hydroxylation sites is 1. The summed E-state index contributed by atoms with van der Waals surface area (Å²) in [4.78, 5) is 25.3. The lowest BCUT2D eigenvalue weighted by molar-refractivity contribution is -0.117. The van der Waals surface area contributed by atoms with Gasteiger partial charge in [-0.1, -0.05) is 18.2 Å². The second-order valence-corrected chi connectivity index (χ2v) is 6.69. The van der Waals surface area contributed by atoms with Gasteiger partial charge in [-0.05, 0) is 38.8 Å². The Kier molecular flexibility index (Phi) is 5.58. The molecule has 0 spiro atoms. The summed E-state index contributed by atoms with van der Waals surface area (Å²) < 4.78 is 8.86. The van der Waals surface area contributed by atoms with Crippen molar-refractivity contribution in [3.05, 3.63) is 46.4 Å². The molecular weight excluding hydrogens is 332 g/mol. The number of carbonyl (C=O) groups is 1. The van der Waals surface area contributed by atoms with Crippen LogP contribution in [0.2, 0.25) is 0 Å². The summed E-state index contributed by atoms with van der Waals surface area (Å²) in [5.41, 5.74) is 1.54. The van der Waals surface area contributed by atoms with Crippen molar-refractivity contribution >= 4 is 11.6 Å². The average molecular weight is 358 g/mol. The first-order chi connectivity index (χ1) is 12.5. The smallest absolute Gasteiger partial charge is 0.295 e. The highest BCUT2D eigenvalue weighted by atomic mass is 16.5. The van der Waals surface area contributed by atoms with Crippen molar-refractivity contribution < 1.29 is 9.53 Å². The van der Waals surface area contributed by atoms with Crippen LogP contribution in [-0.4, -0.2) is 40.6 Å². The molecule has 0 unspecified atom stereocenters. The summed E-state index contributed by atoms with van der Waals surface area (Å²) in [5.74, 6) is -0.228. The summed E-state index contributed by atoms with van der Waals surface area (Å²) in [6.45, 7) is 5.03. The van der Waals surface area contributed by atoms with E-state index in [1.165, 1.54) is 0 Å². The lowest BCUT2D eigenvalue weighted by Gasteiger charge is -2.16. The van der Waals surface area contributed by atoms with E-state index in [4.69, 9.17) is 4.74 Å². The van der Waals surface area contributed by atoms with Gasteiger partial charge in [0.2, 0.25) is 5.91 Å². The fourth-order valence-corrected chi connectivity index (χ4v) is 3.15. The topological polar surface area (TPSA) is 77.3 Å². The van der Waals surface area contributed by atoms with E-state index in [0.717, 1.165) is 25.1 Å². The van der Waals surface area contributed by atoms with Crippen LogP contribution in [0.5, 0.6) is 0 Å². The normalized spacial score (nSPS) is 18.0. The van der Waals surface area contributed by atoms with Crippen molar-refractivity contribution in [2.24, 2.45) is 7.05 Å². The van der Waals surface area contributed by atoms with Gasteiger partial charge in [-0.2, -0.15) is 0 Å². The van der Waals surface area contributed by atoms with E-state index < -0.39 is 6.04 Å². The number of nitrogens with one attached hydrogen (secondary N) is 2. The van der Waals surface area contributed by atoms with Crippen molar-refractivity contribution in [2.45, 2.75) is 38.8 Å². The molecule has 26 heavy (non-hydrogen) atoms. The van der Waals surface area contributed by atoms with Crippen LogP contribution >= 0.6 is 0 Å². The number of ether oxygens (including phenoxy) is 1. The molecule has 0 bridgehead atoms. The minimum absolute atomic E-state index is 0.166. The van der Waals surface area contributed by atoms with Gasteiger partial charge in [-0.15, -0.1) is 0 Å². The molecule has 1 aliphatic rings. The molecule has 2 atom stereocenters. The third-order valence-corrected chi connectivity index (χ3v) is 4.87. The van der Waals surface area contributed by atoms with Gasteiger partial charge in [-0.3, -0.25) is 14.3 Å². The third kappa shape index (κ3) is 3.73. The van der Waals surface area contributed by atoms with Gasteiger partial charge in [0, 0.05) is 20.2 Å². The van der Waals surface area contributed by atoms with Crippen molar-refractivity contribution in [2.75, 3.05) is 18.5 Å². The molecule has 1 amide bonds. The van der Waals surface area contributed by atoms with Crippen molar-refractivity contribution in [3.63, 3.8) is 0 Å². The van der Waals surface area contributed by atoms with Gasteiger partial charge in [0.25, 0.3) is 5.56 Å². The number of amides is 1. The fourth-order valence-electron chi connectivity index (χ4n) is 3.15. The predicted octanol–water partition coefficient (Wildman–Crippen LogP) is 1.58. The number of aromatic nitrogens is 2. The van der Waals surface area contributed by atoms with E-state index in [-0.39, 0.29) is 17.6 Å². The van der Waals surface area contributed by atoms with Crippen LogP contribution in [0.25, 0.3) is 5.69 Å². The summed E-state index contributed by atoms with van der Waals surface area (Å²) >= 11 is 0. The zero-order chi connectivity index (χ0) is 18.7. The average Bonchev–Trinajstić information content (AvgIpc) is 3.23. The second kappa shape index (κ2) is 7.88. The minimum atomic E-state index is -0.414. The number of hydrogen-bond donors (Lipinski definition) is 2. The van der Waals surface area contributed by atoms with E-state index >= 15 is 0 Å². The molecule has 1 saturated heterocycles. The number of rotatable bonds is 6. The first-order valence-electron chi connectivity index (χ1n) is 8.99. The molecule has 7 heteroatoms. The Morgan fingerprint density at radius 1 is 1.35 bits per heavy atom. The maximum absolute atomic E-state index is 12.8. The Morgan fingerprint density at radius 2 is 2.08 bits per heavy atom. The largest absolute Gasteiger partial charge is 0.377 e. The Labute approximate surface area is 152 Å². The number of benzene rings is 1. The highest BCUT2D eigenvalue weighted by molar-refractivity contribution is 5.94. The van der Waals surface area contributed by atoms with E-state index in [0.29, 0.717) is 17.9 Å². The number of anilines is 1. The second-order valence-electron chi connectivity index (χ2n) is 6.69. The lowest BCUT2D eigenvalue weighted by atomic mass is 10.2. The van der Waals surface area contributed by atoms with Crippen molar-refractivity contribution in [3.8, 4) is 5.69 Å². The number of hydrogen-bond acceptors (Lipinski definition) is 4. The molecule has 3 rings (SSSR count). The minimum Gasteiger partial charge on any atom is -0.377 e. The van der Waals surface area contributed by atoms with Gasteiger partial charge in [0.1, 0.15) is 5.69 Å². The Bertz CT molecular complexity index is 819. The van der Waals surface area contributed by atoms with Gasteiger partial charge < -0.3 is 15.4 Å². The molecule has 0 aliphatic carbocycles. The lowest BCUT2D eigenvalue weighted by Crippen LogP contribution is -2.42. The summed E-state index contributed by atoms with van der Waals surface area (Å²) in [6, 6.07) is 8.95. The van der Waals surface area contributed by atoms with Crippen molar-refractivity contribution in [1.82, 2.24) is 14.7 Å². The van der Waals surface area contributed by atoms with Crippen LogP contribution in [0.3, 0.4) is 0 Å². The highest BCUT2D eigenvalue weighted by Gasteiger charge is 2.22. The van der Waals surface area contributed by atoms with Crippen LogP contribution in [0.4, 0.5) is 5.69 Å². The van der Waals surface area contributed by atoms with Gasteiger partial charge in [-0.25, -0.2) is 4.68 Å². The molecule has 1 fully saturated rings. The summed E-state index contributed by atoms with van der Waals surface area (Å²) in [6.07, 6.45) is 2.25. The van der Waals surface area contributed by atoms with Crippen LogP contribution in [0.15, 0.2) is 35.1 Å². The van der Waals surface area contributed by atoms with E-state index in [9.17, 15) is 9.59 Å². The molecular formula is C19H26N4O3. The molecule has 7 nitrogen and oxygen atoms in total. The third-order valence-electron chi connectivity index (χ3n) is 4.87. The molecule has 2 heterocycles. The number of carbonyl (C=O) groups excluding carboxylic acids is 1. The van der Waals surface area contributed by atoms with Gasteiger partial charge >= 0.3 is 0 Å². The first-order valence-corrected chi connectivity index (χ1v) is 8.99. The van der Waals surface area contributed by atoms with Crippen molar-refractivity contribution in [1.29, 1.82) is 0 Å². The van der Waals surface area contributed by atoms with E-state index in [1.54, 1.807) is 23.3 Å². The Balaban J connectivity index is 1.73. The fraction of sp³-hybridized carbons (Fsp3) is 0.474.